The highest BCUT2D eigenvalue weighted by atomic mass is 16.3. The molecule has 0 bridgehead atoms. The third-order valence-electron chi connectivity index (χ3n) is 6.38. The summed E-state index contributed by atoms with van der Waals surface area (Å²) >= 11 is 0. The molecule has 1 N–H and O–H groups in total. The van der Waals surface area contributed by atoms with E-state index >= 15 is 0 Å². The summed E-state index contributed by atoms with van der Waals surface area (Å²) in [4.78, 5) is 24.3. The van der Waals surface area contributed by atoms with Crippen LogP contribution in [-0.4, -0.2) is 60.2 Å². The molecule has 1 aliphatic heterocycles. The van der Waals surface area contributed by atoms with Gasteiger partial charge in [-0.25, -0.2) is 4.98 Å². The van der Waals surface area contributed by atoms with E-state index in [0.29, 0.717) is 12.3 Å². The highest BCUT2D eigenvalue weighted by Gasteiger charge is 2.28. The maximum Gasteiger partial charge on any atom is 0.231 e. The second-order valence-electron chi connectivity index (χ2n) is 8.33. The number of phenols is 1. The van der Waals surface area contributed by atoms with E-state index in [1.165, 1.54) is 6.42 Å². The van der Waals surface area contributed by atoms with E-state index in [4.69, 9.17) is 0 Å². The van der Waals surface area contributed by atoms with Crippen molar-refractivity contribution in [3.8, 4) is 5.75 Å². The molecule has 160 valence electrons. The Hall–Kier alpha value is -2.60. The minimum absolute atomic E-state index is 0.138. The van der Waals surface area contributed by atoms with Crippen LogP contribution in [0.4, 0.5) is 11.5 Å². The maximum atomic E-state index is 13.3. The number of hydrogen-bond acceptors (Lipinski definition) is 5. The number of pyridine rings is 1. The Balaban J connectivity index is 1.36. The molecule has 0 unspecified atom stereocenters. The van der Waals surface area contributed by atoms with Crippen LogP contribution in [0, 0.1) is 5.92 Å². The lowest BCUT2D eigenvalue weighted by Crippen LogP contribution is -2.49. The smallest absolute Gasteiger partial charge is 0.231 e. The molecular formula is C24H32N4O2. The van der Waals surface area contributed by atoms with Crippen molar-refractivity contribution in [3.05, 3.63) is 48.7 Å². The molecule has 1 amide bonds. The molecular weight excluding hydrogens is 375 g/mol. The topological polar surface area (TPSA) is 59.9 Å². The molecule has 1 saturated heterocycles. The van der Waals surface area contributed by atoms with Crippen LogP contribution < -0.4 is 9.80 Å². The second kappa shape index (κ2) is 9.94. The first kappa shape index (κ1) is 20.7. The van der Waals surface area contributed by atoms with Gasteiger partial charge in [0.05, 0.1) is 5.69 Å². The van der Waals surface area contributed by atoms with Crippen LogP contribution in [0.5, 0.6) is 5.75 Å². The van der Waals surface area contributed by atoms with Gasteiger partial charge in [-0.05, 0) is 37.1 Å². The number of para-hydroxylation sites is 2. The van der Waals surface area contributed by atoms with E-state index in [2.05, 4.69) is 14.8 Å². The number of anilines is 2. The number of aromatic nitrogens is 1. The summed E-state index contributed by atoms with van der Waals surface area (Å²) in [5.41, 5.74) is 0.903. The summed E-state index contributed by atoms with van der Waals surface area (Å²) in [6.45, 7) is 5.09. The average molecular weight is 408 g/mol. The fourth-order valence-electron chi connectivity index (χ4n) is 4.61. The molecule has 4 rings (SSSR count). The zero-order valence-corrected chi connectivity index (χ0v) is 17.6. The van der Waals surface area contributed by atoms with E-state index in [0.717, 1.165) is 69.9 Å². The molecule has 2 aromatic rings. The van der Waals surface area contributed by atoms with Gasteiger partial charge in [0, 0.05) is 51.4 Å². The van der Waals surface area contributed by atoms with Crippen LogP contribution in [0.1, 0.15) is 32.1 Å². The predicted octanol–water partition coefficient (Wildman–Crippen LogP) is 3.52. The van der Waals surface area contributed by atoms with E-state index in [9.17, 15) is 9.90 Å². The standard InChI is InChI=1S/C24H32N4O2/c29-22-11-5-4-10-21(22)27-17-14-26(15-18-27)16-19-28(23-12-6-7-13-25-23)24(30)20-8-2-1-3-9-20/h4-7,10-13,20,29H,1-3,8-9,14-19H2/i24-1. The van der Waals surface area contributed by atoms with Crippen LogP contribution in [0.25, 0.3) is 0 Å². The normalized spacial score (nSPS) is 18.3. The third kappa shape index (κ3) is 4.93. The monoisotopic (exact) mass is 407 g/mol. The molecule has 1 aromatic heterocycles. The predicted molar refractivity (Wildman–Crippen MR) is 120 cm³/mol. The first-order valence-corrected chi connectivity index (χ1v) is 11.2. The van der Waals surface area contributed by atoms with Crippen molar-refractivity contribution in [2.24, 2.45) is 5.92 Å². The van der Waals surface area contributed by atoms with Crippen molar-refractivity contribution in [1.82, 2.24) is 9.88 Å². The number of amides is 1. The Morgan fingerprint density at radius 3 is 2.43 bits per heavy atom. The van der Waals surface area contributed by atoms with Crippen LogP contribution in [-0.2, 0) is 4.79 Å². The molecule has 2 aliphatic rings. The number of nitrogens with zero attached hydrogens (tertiary/aromatic N) is 4. The number of carbonyl (C=O) groups is 1. The van der Waals surface area contributed by atoms with Crippen LogP contribution in [0.3, 0.4) is 0 Å². The van der Waals surface area contributed by atoms with Gasteiger partial charge in [0.15, 0.2) is 0 Å². The van der Waals surface area contributed by atoms with Crippen molar-refractivity contribution >= 4 is 17.4 Å². The summed E-state index contributed by atoms with van der Waals surface area (Å²) in [6, 6.07) is 13.3. The summed E-state index contributed by atoms with van der Waals surface area (Å²) in [5, 5.41) is 10.1. The molecule has 1 saturated carbocycles. The molecule has 0 spiro atoms. The Labute approximate surface area is 179 Å². The number of carbonyl (C=O) groups excluding carboxylic acids is 1. The van der Waals surface area contributed by atoms with E-state index < -0.39 is 0 Å². The highest BCUT2D eigenvalue weighted by molar-refractivity contribution is 5.94. The Bertz CT molecular complexity index is 815. The SMILES string of the molecule is O=[11C](C1CCCCC1)N(CCN1CCN(c2ccccc2O)CC1)c1ccccn1. The van der Waals surface area contributed by atoms with Gasteiger partial charge in [-0.1, -0.05) is 37.5 Å². The zero-order chi connectivity index (χ0) is 20.8. The molecule has 30 heavy (non-hydrogen) atoms. The molecule has 6 heteroatoms. The number of phenolic OH excluding ortho intramolecular Hbond substituents is 1. The lowest BCUT2D eigenvalue weighted by molar-refractivity contribution is -0.123. The van der Waals surface area contributed by atoms with E-state index in [1.54, 1.807) is 12.3 Å². The van der Waals surface area contributed by atoms with Crippen molar-refractivity contribution in [2.75, 3.05) is 49.1 Å². The van der Waals surface area contributed by atoms with Gasteiger partial charge in [-0.3, -0.25) is 14.6 Å². The number of rotatable bonds is 6. The van der Waals surface area contributed by atoms with Gasteiger partial charge < -0.3 is 10.0 Å². The Kier molecular flexibility index (Phi) is 6.84. The summed E-state index contributed by atoms with van der Waals surface area (Å²) in [7, 11) is 0. The molecule has 0 atom stereocenters. The average Bonchev–Trinajstić information content (AvgIpc) is 2.81. The quantitative estimate of drug-likeness (QED) is 0.794. The first-order valence-electron chi connectivity index (χ1n) is 11.2. The molecule has 0 radical (unpaired) electrons. The molecule has 2 heterocycles. The van der Waals surface area contributed by atoms with Crippen molar-refractivity contribution in [1.29, 1.82) is 0 Å². The van der Waals surface area contributed by atoms with E-state index in [-0.39, 0.29) is 11.8 Å². The van der Waals surface area contributed by atoms with Crippen LogP contribution in [0.2, 0.25) is 0 Å². The number of benzene rings is 1. The molecule has 6 nitrogen and oxygen atoms in total. The van der Waals surface area contributed by atoms with Gasteiger partial charge in [0.25, 0.3) is 0 Å². The van der Waals surface area contributed by atoms with Crippen LogP contribution in [0.15, 0.2) is 48.7 Å². The third-order valence-corrected chi connectivity index (χ3v) is 6.38. The van der Waals surface area contributed by atoms with Crippen LogP contribution >= 0.6 is 0 Å². The maximum absolute atomic E-state index is 13.3. The van der Waals surface area contributed by atoms with Gasteiger partial charge in [-0.2, -0.15) is 0 Å². The Morgan fingerprint density at radius 1 is 1.00 bits per heavy atom. The zero-order valence-electron chi connectivity index (χ0n) is 17.6. The summed E-state index contributed by atoms with van der Waals surface area (Å²) in [5.74, 6) is 1.48. The van der Waals surface area contributed by atoms with Crippen molar-refractivity contribution in [3.63, 3.8) is 0 Å². The lowest BCUT2D eigenvalue weighted by atomic mass is 9.70. The number of aromatic hydroxyl groups is 1. The second-order valence-corrected chi connectivity index (χ2v) is 8.33. The fraction of sp³-hybridized carbons (Fsp3) is 0.500. The van der Waals surface area contributed by atoms with Crippen molar-refractivity contribution in [2.45, 2.75) is 32.1 Å². The van der Waals surface area contributed by atoms with Gasteiger partial charge in [-0.15, -0.1) is 0 Å². The van der Waals surface area contributed by atoms with E-state index in [1.807, 2.05) is 41.3 Å². The minimum Gasteiger partial charge on any atom is -0.506 e. The van der Waals surface area contributed by atoms with Crippen molar-refractivity contribution < 1.29 is 9.90 Å². The Morgan fingerprint density at radius 2 is 1.73 bits per heavy atom. The molecule has 2 fully saturated rings. The van der Waals surface area contributed by atoms with Gasteiger partial charge >= 0.3 is 0 Å². The fourth-order valence-corrected chi connectivity index (χ4v) is 4.61. The largest absolute Gasteiger partial charge is 0.506 e. The summed E-state index contributed by atoms with van der Waals surface area (Å²) < 4.78 is 0. The number of piperazine rings is 1. The lowest BCUT2D eigenvalue weighted by Gasteiger charge is -2.37. The first-order chi connectivity index (χ1) is 14.7. The summed E-state index contributed by atoms with van der Waals surface area (Å²) in [6.07, 6.45) is 7.32. The minimum atomic E-state index is 0.138. The van der Waals surface area contributed by atoms with Gasteiger partial charge in [0.1, 0.15) is 11.6 Å². The highest BCUT2D eigenvalue weighted by Crippen LogP contribution is 2.28. The number of hydrogen-bond donors (Lipinski definition) is 1. The van der Waals surface area contributed by atoms with Gasteiger partial charge in [0.2, 0.25) is 5.91 Å². The molecule has 1 aromatic carbocycles. The molecule has 1 aliphatic carbocycles.